The van der Waals surface area contributed by atoms with Crippen molar-refractivity contribution in [1.29, 1.82) is 0 Å². The van der Waals surface area contributed by atoms with Crippen molar-refractivity contribution in [3.8, 4) is 0 Å². The van der Waals surface area contributed by atoms with Crippen LogP contribution in [0.4, 0.5) is 0 Å². The van der Waals surface area contributed by atoms with E-state index in [0.29, 0.717) is 17.3 Å². The van der Waals surface area contributed by atoms with Gasteiger partial charge in [0, 0.05) is 19.6 Å². The quantitative estimate of drug-likeness (QED) is 0.805. The minimum absolute atomic E-state index is 0.0799. The first kappa shape index (κ1) is 17.7. The van der Waals surface area contributed by atoms with E-state index in [9.17, 15) is 9.59 Å². The van der Waals surface area contributed by atoms with Crippen LogP contribution >= 0.6 is 11.3 Å². The van der Waals surface area contributed by atoms with Crippen molar-refractivity contribution in [2.24, 2.45) is 11.7 Å². The lowest BCUT2D eigenvalue weighted by molar-refractivity contribution is -0.131. The van der Waals surface area contributed by atoms with Crippen LogP contribution in [0.15, 0.2) is 17.5 Å². The van der Waals surface area contributed by atoms with E-state index in [1.807, 2.05) is 11.4 Å². The zero-order chi connectivity index (χ0) is 16.0. The van der Waals surface area contributed by atoms with Crippen LogP contribution in [-0.4, -0.2) is 42.4 Å². The normalized spacial score (nSPS) is 13.8. The number of thiophene rings is 1. The van der Waals surface area contributed by atoms with Crippen molar-refractivity contribution < 1.29 is 9.59 Å². The first-order valence-electron chi connectivity index (χ1n) is 7.17. The molecule has 1 aromatic heterocycles. The predicted octanol–water partition coefficient (Wildman–Crippen LogP) is 1.70. The number of nitrogens with zero attached hydrogens (tertiary/aromatic N) is 1. The minimum atomic E-state index is -0.542. The Kier molecular flexibility index (Phi) is 6.84. The molecule has 0 saturated heterocycles. The molecule has 0 radical (unpaired) electrons. The van der Waals surface area contributed by atoms with Crippen LogP contribution in [0, 0.1) is 5.92 Å². The van der Waals surface area contributed by atoms with Crippen LogP contribution in [0.1, 0.15) is 36.9 Å². The number of nitrogens with two attached hydrogens (primary N) is 1. The van der Waals surface area contributed by atoms with Crippen molar-refractivity contribution in [3.63, 3.8) is 0 Å². The number of carbonyl (C=O) groups excluding carboxylic acids is 2. The fraction of sp³-hybridized carbons (Fsp3) is 0.600. The smallest absolute Gasteiger partial charge is 0.261 e. The molecule has 0 aliphatic carbocycles. The lowest BCUT2D eigenvalue weighted by Gasteiger charge is -2.24. The second kappa shape index (κ2) is 8.14. The molecule has 0 spiro atoms. The highest BCUT2D eigenvalue weighted by atomic mass is 32.1. The lowest BCUT2D eigenvalue weighted by atomic mass is 10.0. The van der Waals surface area contributed by atoms with Crippen molar-refractivity contribution >= 4 is 23.2 Å². The maximum Gasteiger partial charge on any atom is 0.261 e. The Bertz CT molecular complexity index is 459. The summed E-state index contributed by atoms with van der Waals surface area (Å²) < 4.78 is 0. The van der Waals surface area contributed by atoms with Gasteiger partial charge in [-0.2, -0.15) is 0 Å². The molecule has 0 saturated carbocycles. The average molecular weight is 311 g/mol. The monoisotopic (exact) mass is 311 g/mol. The second-order valence-corrected chi connectivity index (χ2v) is 6.58. The number of nitrogens with one attached hydrogen (secondary N) is 1. The van der Waals surface area contributed by atoms with E-state index in [1.165, 1.54) is 11.3 Å². The largest absolute Gasteiger partial charge is 0.344 e. The van der Waals surface area contributed by atoms with Gasteiger partial charge >= 0.3 is 0 Å². The van der Waals surface area contributed by atoms with Crippen LogP contribution in [-0.2, 0) is 4.79 Å². The van der Waals surface area contributed by atoms with E-state index >= 15 is 0 Å². The predicted molar refractivity (Wildman–Crippen MR) is 86.3 cm³/mol. The summed E-state index contributed by atoms with van der Waals surface area (Å²) in [5.41, 5.74) is 5.98. The van der Waals surface area contributed by atoms with E-state index < -0.39 is 6.04 Å². The van der Waals surface area contributed by atoms with Gasteiger partial charge in [-0.15, -0.1) is 11.3 Å². The summed E-state index contributed by atoms with van der Waals surface area (Å²) in [5, 5.41) is 4.56. The zero-order valence-corrected chi connectivity index (χ0v) is 13.9. The van der Waals surface area contributed by atoms with E-state index in [1.54, 1.807) is 24.9 Å². The molecular formula is C15H25N3O2S. The summed E-state index contributed by atoms with van der Waals surface area (Å²) in [6.45, 7) is 6.43. The fourth-order valence-corrected chi connectivity index (χ4v) is 2.48. The molecule has 0 aromatic carbocycles. The number of hydrogen-bond donors (Lipinski definition) is 2. The molecule has 1 heterocycles. The first-order valence-corrected chi connectivity index (χ1v) is 8.05. The second-order valence-electron chi connectivity index (χ2n) is 5.63. The van der Waals surface area contributed by atoms with Gasteiger partial charge in [0.2, 0.25) is 5.91 Å². The van der Waals surface area contributed by atoms with Crippen LogP contribution in [0.25, 0.3) is 0 Å². The van der Waals surface area contributed by atoms with Crippen LogP contribution in [0.2, 0.25) is 0 Å². The Balaban J connectivity index is 2.44. The number of carbonyl (C=O) groups is 2. The molecule has 21 heavy (non-hydrogen) atoms. The van der Waals surface area contributed by atoms with Crippen molar-refractivity contribution in [2.45, 2.75) is 39.3 Å². The molecular weight excluding hydrogens is 286 g/mol. The Morgan fingerprint density at radius 3 is 2.57 bits per heavy atom. The average Bonchev–Trinajstić information content (AvgIpc) is 2.97. The van der Waals surface area contributed by atoms with E-state index in [0.717, 1.165) is 6.42 Å². The minimum Gasteiger partial charge on any atom is -0.344 e. The molecule has 118 valence electrons. The highest BCUT2D eigenvalue weighted by Crippen LogP contribution is 2.09. The standard InChI is InChI=1S/C15H25N3O2S/c1-10(2)12(16)7-8-18(4)15(20)11(3)17-14(19)13-6-5-9-21-13/h5-6,9-12H,7-8,16H2,1-4H3,(H,17,19). The van der Waals surface area contributed by atoms with Gasteiger partial charge in [-0.05, 0) is 30.7 Å². The molecule has 1 aromatic rings. The topological polar surface area (TPSA) is 75.4 Å². The molecule has 3 N–H and O–H groups in total. The maximum absolute atomic E-state index is 12.2. The molecule has 0 aliphatic heterocycles. The SMILES string of the molecule is CC(NC(=O)c1cccs1)C(=O)N(C)CCC(N)C(C)C. The molecule has 2 atom stereocenters. The van der Waals surface area contributed by atoms with Crippen molar-refractivity contribution in [1.82, 2.24) is 10.2 Å². The van der Waals surface area contributed by atoms with Crippen LogP contribution in [0.5, 0.6) is 0 Å². The van der Waals surface area contributed by atoms with Crippen molar-refractivity contribution in [3.05, 3.63) is 22.4 Å². The number of likely N-dealkylation sites (N-methyl/N-ethyl adjacent to an activating group) is 1. The Morgan fingerprint density at radius 2 is 2.05 bits per heavy atom. The highest BCUT2D eigenvalue weighted by Gasteiger charge is 2.21. The van der Waals surface area contributed by atoms with Gasteiger partial charge in [0.25, 0.3) is 5.91 Å². The molecule has 2 amide bonds. The van der Waals surface area contributed by atoms with E-state index in [-0.39, 0.29) is 17.9 Å². The Morgan fingerprint density at radius 1 is 1.38 bits per heavy atom. The van der Waals surface area contributed by atoms with Gasteiger partial charge in [0.15, 0.2) is 0 Å². The first-order chi connectivity index (χ1) is 9.82. The van der Waals surface area contributed by atoms with Gasteiger partial charge < -0.3 is 16.0 Å². The van der Waals surface area contributed by atoms with E-state index in [4.69, 9.17) is 5.73 Å². The summed E-state index contributed by atoms with van der Waals surface area (Å²) in [7, 11) is 1.74. The van der Waals surface area contributed by atoms with Crippen molar-refractivity contribution in [2.75, 3.05) is 13.6 Å². The van der Waals surface area contributed by atoms with Gasteiger partial charge in [-0.25, -0.2) is 0 Å². The van der Waals surface area contributed by atoms with Gasteiger partial charge in [0.05, 0.1) is 4.88 Å². The van der Waals surface area contributed by atoms with Crippen LogP contribution < -0.4 is 11.1 Å². The van der Waals surface area contributed by atoms with Crippen LogP contribution in [0.3, 0.4) is 0 Å². The number of hydrogen-bond acceptors (Lipinski definition) is 4. The van der Waals surface area contributed by atoms with E-state index in [2.05, 4.69) is 19.2 Å². The third kappa shape index (κ3) is 5.47. The molecule has 0 fully saturated rings. The number of rotatable bonds is 7. The summed E-state index contributed by atoms with van der Waals surface area (Å²) in [5.74, 6) is 0.0819. The summed E-state index contributed by atoms with van der Waals surface area (Å²) in [6.07, 6.45) is 0.755. The maximum atomic E-state index is 12.2. The molecule has 5 nitrogen and oxygen atoms in total. The van der Waals surface area contributed by atoms with Gasteiger partial charge in [0.1, 0.15) is 6.04 Å². The Hall–Kier alpha value is -1.40. The zero-order valence-electron chi connectivity index (χ0n) is 13.1. The fourth-order valence-electron chi connectivity index (χ4n) is 1.85. The Labute approximate surface area is 130 Å². The highest BCUT2D eigenvalue weighted by molar-refractivity contribution is 7.12. The molecule has 1 rings (SSSR count). The summed E-state index contributed by atoms with van der Waals surface area (Å²) in [4.78, 5) is 26.3. The van der Waals surface area contributed by atoms with Gasteiger partial charge in [-0.3, -0.25) is 9.59 Å². The molecule has 0 bridgehead atoms. The third-order valence-corrected chi connectivity index (χ3v) is 4.36. The third-order valence-electron chi connectivity index (χ3n) is 3.49. The molecule has 2 unspecified atom stereocenters. The van der Waals surface area contributed by atoms with Gasteiger partial charge in [-0.1, -0.05) is 19.9 Å². The summed E-state index contributed by atoms with van der Waals surface area (Å²) >= 11 is 1.36. The molecule has 0 aliphatic rings. The summed E-state index contributed by atoms with van der Waals surface area (Å²) in [6, 6.07) is 3.09. The molecule has 6 heteroatoms. The number of amides is 2. The lowest BCUT2D eigenvalue weighted by Crippen LogP contribution is -2.46.